The molecule has 9 heteroatoms. The number of nitrogens with zero attached hydrogens (tertiary/aromatic N) is 2. The smallest absolute Gasteiger partial charge is 0.348 e. The first kappa shape index (κ1) is 14.0. The molecule has 2 rings (SSSR count). The summed E-state index contributed by atoms with van der Waals surface area (Å²) in [4.78, 5) is 22.3. The number of hydrogen-bond donors (Lipinski definition) is 2. The lowest BCUT2D eigenvalue weighted by Crippen LogP contribution is -2.16. The lowest BCUT2D eigenvalue weighted by atomic mass is 10.3. The Morgan fingerprint density at radius 2 is 2.05 bits per heavy atom. The molecule has 1 heterocycles. The molecule has 0 spiro atoms. The summed E-state index contributed by atoms with van der Waals surface area (Å²) in [6, 6.07) is 4.80. The standard InChI is InChI=1S/C10H7Cl2N3O3S/c11-5-2-1-3-6(12)8(5)15-9(18)13-14-10(15)19-4-7(16)17/h1-3H,4H2,(H,13,18)(H,16,17). The van der Waals surface area contributed by atoms with Crippen LogP contribution >= 0.6 is 35.0 Å². The predicted octanol–water partition coefficient (Wildman–Crippen LogP) is 2.04. The van der Waals surface area contributed by atoms with Crippen LogP contribution < -0.4 is 5.69 Å². The van der Waals surface area contributed by atoms with E-state index < -0.39 is 11.7 Å². The Kier molecular flexibility index (Phi) is 4.18. The molecule has 0 saturated carbocycles. The lowest BCUT2D eigenvalue weighted by molar-refractivity contribution is -0.133. The fourth-order valence-electron chi connectivity index (χ4n) is 1.41. The van der Waals surface area contributed by atoms with E-state index in [1.807, 2.05) is 0 Å². The van der Waals surface area contributed by atoms with Gasteiger partial charge in [-0.3, -0.25) is 4.79 Å². The van der Waals surface area contributed by atoms with E-state index in [4.69, 9.17) is 28.3 Å². The van der Waals surface area contributed by atoms with Crippen molar-refractivity contribution in [1.82, 2.24) is 14.8 Å². The van der Waals surface area contributed by atoms with Crippen LogP contribution in [0.15, 0.2) is 28.2 Å². The van der Waals surface area contributed by atoms with E-state index in [0.29, 0.717) is 0 Å². The number of carboxylic acids is 1. The van der Waals surface area contributed by atoms with Gasteiger partial charge in [0.05, 0.1) is 21.5 Å². The molecular formula is C10H7Cl2N3O3S. The zero-order valence-corrected chi connectivity index (χ0v) is 11.6. The number of rotatable bonds is 4. The van der Waals surface area contributed by atoms with E-state index in [9.17, 15) is 9.59 Å². The van der Waals surface area contributed by atoms with Crippen LogP contribution in [0.3, 0.4) is 0 Å². The molecule has 0 radical (unpaired) electrons. The van der Waals surface area contributed by atoms with Crippen LogP contribution in [0.2, 0.25) is 10.0 Å². The van der Waals surface area contributed by atoms with Gasteiger partial charge < -0.3 is 5.11 Å². The van der Waals surface area contributed by atoms with Crippen molar-refractivity contribution >= 4 is 40.9 Å². The fraction of sp³-hybridized carbons (Fsp3) is 0.100. The van der Waals surface area contributed by atoms with Crippen molar-refractivity contribution in [2.75, 3.05) is 5.75 Å². The Labute approximate surface area is 121 Å². The Hall–Kier alpha value is -1.44. The van der Waals surface area contributed by atoms with E-state index in [-0.39, 0.29) is 26.6 Å². The Bertz CT molecular complexity index is 663. The van der Waals surface area contributed by atoms with Crippen LogP contribution in [0.4, 0.5) is 0 Å². The van der Waals surface area contributed by atoms with E-state index >= 15 is 0 Å². The highest BCUT2D eigenvalue weighted by Crippen LogP contribution is 2.29. The number of hydrogen-bond acceptors (Lipinski definition) is 4. The molecule has 0 atom stereocenters. The number of aromatic nitrogens is 3. The van der Waals surface area contributed by atoms with Gasteiger partial charge in [0.25, 0.3) is 0 Å². The number of para-hydroxylation sites is 1. The molecule has 0 amide bonds. The van der Waals surface area contributed by atoms with Gasteiger partial charge in [0, 0.05) is 0 Å². The maximum atomic E-state index is 11.8. The average molecular weight is 320 g/mol. The van der Waals surface area contributed by atoms with Gasteiger partial charge in [-0.2, -0.15) is 0 Å². The normalized spacial score (nSPS) is 10.6. The van der Waals surface area contributed by atoms with Gasteiger partial charge in [0.2, 0.25) is 0 Å². The zero-order valence-electron chi connectivity index (χ0n) is 9.26. The van der Waals surface area contributed by atoms with Crippen molar-refractivity contribution < 1.29 is 9.90 Å². The third-order valence-electron chi connectivity index (χ3n) is 2.13. The highest BCUT2D eigenvalue weighted by Gasteiger charge is 2.17. The van der Waals surface area contributed by atoms with Crippen molar-refractivity contribution in [2.45, 2.75) is 5.16 Å². The SMILES string of the molecule is O=C(O)CSc1n[nH]c(=O)n1-c1c(Cl)cccc1Cl. The number of carbonyl (C=O) groups is 1. The van der Waals surface area contributed by atoms with E-state index in [1.54, 1.807) is 18.2 Å². The number of thioether (sulfide) groups is 1. The van der Waals surface area contributed by atoms with E-state index in [0.717, 1.165) is 16.3 Å². The van der Waals surface area contributed by atoms with Gasteiger partial charge in [-0.05, 0) is 12.1 Å². The van der Waals surface area contributed by atoms with Crippen LogP contribution in [0.1, 0.15) is 0 Å². The molecule has 2 N–H and O–H groups in total. The first-order valence-electron chi connectivity index (χ1n) is 4.97. The number of aliphatic carboxylic acids is 1. The summed E-state index contributed by atoms with van der Waals surface area (Å²) < 4.78 is 1.15. The van der Waals surface area contributed by atoms with Gasteiger partial charge in [-0.1, -0.05) is 41.0 Å². The van der Waals surface area contributed by atoms with Gasteiger partial charge >= 0.3 is 11.7 Å². The minimum atomic E-state index is -1.02. The molecular weight excluding hydrogens is 313 g/mol. The van der Waals surface area contributed by atoms with Crippen molar-refractivity contribution in [3.8, 4) is 5.69 Å². The van der Waals surface area contributed by atoms with E-state index in [1.165, 1.54) is 0 Å². The number of benzene rings is 1. The van der Waals surface area contributed by atoms with Crippen molar-refractivity contribution in [3.05, 3.63) is 38.7 Å². The van der Waals surface area contributed by atoms with Crippen molar-refractivity contribution in [3.63, 3.8) is 0 Å². The van der Waals surface area contributed by atoms with Crippen molar-refractivity contribution in [1.29, 1.82) is 0 Å². The minimum absolute atomic E-state index is 0.183. The molecule has 0 aliphatic rings. The highest BCUT2D eigenvalue weighted by atomic mass is 35.5. The van der Waals surface area contributed by atoms with Crippen LogP contribution in [0, 0.1) is 0 Å². The Balaban J connectivity index is 2.53. The Morgan fingerprint density at radius 3 is 2.63 bits per heavy atom. The van der Waals surface area contributed by atoms with Gasteiger partial charge in [-0.25, -0.2) is 14.5 Å². The summed E-state index contributed by atoms with van der Waals surface area (Å²) in [5.41, 5.74) is -0.264. The zero-order chi connectivity index (χ0) is 14.0. The quantitative estimate of drug-likeness (QED) is 0.842. The predicted molar refractivity (Wildman–Crippen MR) is 72.6 cm³/mol. The topological polar surface area (TPSA) is 88.0 Å². The van der Waals surface area contributed by atoms with Gasteiger partial charge in [-0.15, -0.1) is 5.10 Å². The minimum Gasteiger partial charge on any atom is -0.481 e. The molecule has 1 aromatic heterocycles. The molecule has 0 unspecified atom stereocenters. The number of H-pyrrole nitrogens is 1. The third kappa shape index (κ3) is 2.94. The van der Waals surface area contributed by atoms with Crippen LogP contribution in [-0.2, 0) is 4.79 Å². The van der Waals surface area contributed by atoms with Gasteiger partial charge in [0.1, 0.15) is 0 Å². The second-order valence-corrected chi connectivity index (χ2v) is 5.16. The number of carboxylic acid groups (broad SMARTS) is 1. The summed E-state index contributed by atoms with van der Waals surface area (Å²) in [7, 11) is 0. The molecule has 0 bridgehead atoms. The first-order valence-corrected chi connectivity index (χ1v) is 6.71. The molecule has 2 aromatic rings. The molecule has 0 saturated heterocycles. The summed E-state index contributed by atoms with van der Waals surface area (Å²) in [5, 5.41) is 15.4. The molecule has 19 heavy (non-hydrogen) atoms. The fourth-order valence-corrected chi connectivity index (χ4v) is 2.64. The molecule has 1 aromatic carbocycles. The largest absolute Gasteiger partial charge is 0.481 e. The van der Waals surface area contributed by atoms with Crippen LogP contribution in [0.5, 0.6) is 0 Å². The number of nitrogens with one attached hydrogen (secondary N) is 1. The summed E-state index contributed by atoms with van der Waals surface area (Å²) in [6.07, 6.45) is 0. The molecule has 0 aliphatic heterocycles. The maximum absolute atomic E-state index is 11.8. The highest BCUT2D eigenvalue weighted by molar-refractivity contribution is 7.99. The van der Waals surface area contributed by atoms with Crippen molar-refractivity contribution in [2.24, 2.45) is 0 Å². The summed E-state index contributed by atoms with van der Waals surface area (Å²) >= 11 is 12.9. The second-order valence-electron chi connectivity index (χ2n) is 3.40. The first-order chi connectivity index (χ1) is 9.00. The van der Waals surface area contributed by atoms with Crippen LogP contribution in [-0.4, -0.2) is 31.6 Å². The monoisotopic (exact) mass is 319 g/mol. The van der Waals surface area contributed by atoms with Gasteiger partial charge in [0.15, 0.2) is 5.16 Å². The summed E-state index contributed by atoms with van der Waals surface area (Å²) in [5.74, 6) is -1.25. The second kappa shape index (κ2) is 5.68. The maximum Gasteiger partial charge on any atom is 0.348 e. The molecule has 100 valence electrons. The summed E-state index contributed by atoms with van der Waals surface area (Å²) in [6.45, 7) is 0. The number of aromatic amines is 1. The van der Waals surface area contributed by atoms with E-state index in [2.05, 4.69) is 10.2 Å². The molecule has 6 nitrogen and oxygen atoms in total. The molecule has 0 aliphatic carbocycles. The lowest BCUT2D eigenvalue weighted by Gasteiger charge is -2.08. The number of halogens is 2. The molecule has 0 fully saturated rings. The Morgan fingerprint density at radius 1 is 1.42 bits per heavy atom. The third-order valence-corrected chi connectivity index (χ3v) is 3.66. The van der Waals surface area contributed by atoms with Crippen LogP contribution in [0.25, 0.3) is 5.69 Å². The average Bonchev–Trinajstić information content (AvgIpc) is 2.69.